The molecule has 36 heavy (non-hydrogen) atoms. The van der Waals surface area contributed by atoms with Gasteiger partial charge in [-0.05, 0) is 59.5 Å². The molecule has 0 amide bonds. The maximum absolute atomic E-state index is 6.33. The van der Waals surface area contributed by atoms with Crippen LogP contribution in [-0.2, 0) is 5.41 Å². The summed E-state index contributed by atoms with van der Waals surface area (Å²) >= 11 is 0. The van der Waals surface area contributed by atoms with Crippen LogP contribution in [0.15, 0.2) is 90.2 Å². The van der Waals surface area contributed by atoms with E-state index in [1.54, 1.807) is 11.5 Å². The zero-order chi connectivity index (χ0) is 24.9. The van der Waals surface area contributed by atoms with Gasteiger partial charge in [-0.2, -0.15) is 0 Å². The number of nitrogens with zero attached hydrogens (tertiary/aromatic N) is 5. The van der Waals surface area contributed by atoms with Crippen molar-refractivity contribution in [3.63, 3.8) is 0 Å². The largest absolute Gasteiger partial charge is 0.457 e. The van der Waals surface area contributed by atoms with Crippen LogP contribution in [0.4, 0.5) is 5.69 Å². The lowest BCUT2D eigenvalue weighted by Crippen LogP contribution is -2.38. The highest BCUT2D eigenvalue weighted by atomic mass is 16.5. The lowest BCUT2D eigenvalue weighted by Gasteiger charge is -2.19. The molecule has 0 aliphatic carbocycles. The number of anilines is 1. The maximum Gasteiger partial charge on any atom is 0.137 e. The van der Waals surface area contributed by atoms with E-state index in [9.17, 15) is 0 Å². The second-order valence-corrected chi connectivity index (χ2v) is 10.0. The molecule has 0 atom stereocenters. The van der Waals surface area contributed by atoms with E-state index in [1.807, 2.05) is 66.8 Å². The van der Waals surface area contributed by atoms with Gasteiger partial charge in [0.2, 0.25) is 0 Å². The zero-order valence-electron chi connectivity index (χ0n) is 20.8. The van der Waals surface area contributed by atoms with Gasteiger partial charge in [0.25, 0.3) is 0 Å². The number of nitrogens with one attached hydrogen (secondary N) is 1. The molecule has 2 aromatic heterocycles. The first-order valence-electron chi connectivity index (χ1n) is 12.0. The van der Waals surface area contributed by atoms with E-state index in [1.165, 1.54) is 16.3 Å². The summed E-state index contributed by atoms with van der Waals surface area (Å²) in [5.74, 6) is 2.38. The lowest BCUT2D eigenvalue weighted by molar-refractivity contribution is 0.279. The highest BCUT2D eigenvalue weighted by Crippen LogP contribution is 2.37. The molecule has 3 heterocycles. The number of fused-ring (bicyclic) bond motifs is 3. The van der Waals surface area contributed by atoms with E-state index in [2.05, 4.69) is 71.3 Å². The number of pyridine rings is 1. The summed E-state index contributed by atoms with van der Waals surface area (Å²) in [5.41, 5.74) is 7.59. The molecule has 6 rings (SSSR count). The van der Waals surface area contributed by atoms with E-state index in [-0.39, 0.29) is 5.41 Å². The topological polar surface area (TPSA) is 57.9 Å². The van der Waals surface area contributed by atoms with Gasteiger partial charge in [-0.15, -0.1) is 10.6 Å². The Balaban J connectivity index is 1.46. The summed E-state index contributed by atoms with van der Waals surface area (Å²) in [6.07, 6.45) is 3.55. The minimum absolute atomic E-state index is 0.0609. The molecule has 0 spiro atoms. The van der Waals surface area contributed by atoms with Crippen LogP contribution in [0.5, 0.6) is 11.5 Å². The average molecular weight is 477 g/mol. The third-order valence-corrected chi connectivity index (χ3v) is 6.41. The monoisotopic (exact) mass is 476 g/mol. The molecular weight excluding hydrogens is 448 g/mol. The molecule has 0 bridgehead atoms. The third-order valence-electron chi connectivity index (χ3n) is 6.41. The minimum Gasteiger partial charge on any atom is -0.457 e. The summed E-state index contributed by atoms with van der Waals surface area (Å²) in [5, 5.41) is 10.1. The quantitative estimate of drug-likeness (QED) is 0.326. The Hall–Kier alpha value is -4.36. The van der Waals surface area contributed by atoms with Gasteiger partial charge in [-0.25, -0.2) is 15.1 Å². The number of ether oxygens (including phenoxy) is 1. The number of rotatable bonds is 4. The highest BCUT2D eigenvalue weighted by Gasteiger charge is 2.19. The molecule has 3 aromatic carbocycles. The van der Waals surface area contributed by atoms with Gasteiger partial charge in [-0.1, -0.05) is 39.0 Å². The van der Waals surface area contributed by atoms with Crippen LogP contribution < -0.4 is 15.3 Å². The fourth-order valence-corrected chi connectivity index (χ4v) is 4.56. The molecule has 180 valence electrons. The van der Waals surface area contributed by atoms with E-state index in [0.717, 1.165) is 34.0 Å². The Morgan fingerprint density at radius 2 is 1.67 bits per heavy atom. The number of hydrazone groups is 1. The molecule has 0 saturated carbocycles. The van der Waals surface area contributed by atoms with Gasteiger partial charge in [-0.3, -0.25) is 4.57 Å². The van der Waals surface area contributed by atoms with Crippen LogP contribution >= 0.6 is 0 Å². The first-order chi connectivity index (χ1) is 17.4. The first kappa shape index (κ1) is 22.1. The second kappa shape index (κ2) is 8.39. The van der Waals surface area contributed by atoms with Crippen LogP contribution in [0.1, 0.15) is 26.3 Å². The van der Waals surface area contributed by atoms with Crippen molar-refractivity contribution >= 4 is 33.8 Å². The predicted molar refractivity (Wildman–Crippen MR) is 146 cm³/mol. The number of hydrazine groups is 2. The summed E-state index contributed by atoms with van der Waals surface area (Å²) in [4.78, 5) is 4.66. The van der Waals surface area contributed by atoms with E-state index in [4.69, 9.17) is 4.74 Å². The summed E-state index contributed by atoms with van der Waals surface area (Å²) in [6.45, 7) is 6.73. The number of aromatic nitrogens is 2. The van der Waals surface area contributed by atoms with Crippen molar-refractivity contribution in [3.8, 4) is 17.3 Å². The van der Waals surface area contributed by atoms with Crippen LogP contribution in [0.25, 0.3) is 27.6 Å². The Bertz CT molecular complexity index is 1600. The van der Waals surface area contributed by atoms with Crippen molar-refractivity contribution in [2.75, 3.05) is 12.1 Å². The van der Waals surface area contributed by atoms with Crippen molar-refractivity contribution in [1.82, 2.24) is 20.2 Å². The molecule has 1 aliphatic rings. The summed E-state index contributed by atoms with van der Waals surface area (Å²) in [7, 11) is 1.84. The molecule has 7 nitrogen and oxygen atoms in total. The molecule has 1 aliphatic heterocycles. The second-order valence-electron chi connectivity index (χ2n) is 10.0. The number of benzene rings is 3. The Morgan fingerprint density at radius 3 is 2.42 bits per heavy atom. The van der Waals surface area contributed by atoms with Gasteiger partial charge >= 0.3 is 0 Å². The molecule has 0 fully saturated rings. The minimum atomic E-state index is 0.0609. The van der Waals surface area contributed by atoms with Crippen LogP contribution in [-0.4, -0.2) is 28.1 Å². The van der Waals surface area contributed by atoms with Gasteiger partial charge < -0.3 is 4.74 Å². The summed E-state index contributed by atoms with van der Waals surface area (Å²) in [6, 6.07) is 26.9. The number of hydrogen-bond acceptors (Lipinski definition) is 6. The Labute approximate surface area is 210 Å². The van der Waals surface area contributed by atoms with E-state index < -0.39 is 0 Å². The standard InChI is InChI=1S/C29H28N6O/c1-29(2,3)20-11-14-26-25(16-20)24-13-12-23(18-27(24)35(26)28-10-5-6-15-30-28)36-22-9-7-8-21(17-22)34-19-31-33(4)32-34/h5-19,32H,1-4H3. The van der Waals surface area contributed by atoms with Gasteiger partial charge in [0.15, 0.2) is 0 Å². The molecule has 1 N–H and O–H groups in total. The van der Waals surface area contributed by atoms with Gasteiger partial charge in [0.1, 0.15) is 23.7 Å². The maximum atomic E-state index is 6.33. The van der Waals surface area contributed by atoms with Crippen molar-refractivity contribution in [1.29, 1.82) is 0 Å². The zero-order valence-corrected chi connectivity index (χ0v) is 20.8. The number of hydrogen-bond donors (Lipinski definition) is 1. The van der Waals surface area contributed by atoms with E-state index in [0.29, 0.717) is 0 Å². The predicted octanol–water partition coefficient (Wildman–Crippen LogP) is 6.38. The molecule has 0 saturated heterocycles. The van der Waals surface area contributed by atoms with Crippen molar-refractivity contribution < 1.29 is 4.74 Å². The van der Waals surface area contributed by atoms with Crippen LogP contribution in [0, 0.1) is 0 Å². The van der Waals surface area contributed by atoms with Crippen molar-refractivity contribution in [2.45, 2.75) is 26.2 Å². The first-order valence-corrected chi connectivity index (χ1v) is 12.0. The molecular formula is C29H28N6O. The van der Waals surface area contributed by atoms with Crippen molar-refractivity contribution in [2.24, 2.45) is 5.10 Å². The van der Waals surface area contributed by atoms with Gasteiger partial charge in [0, 0.05) is 36.1 Å². The fourth-order valence-electron chi connectivity index (χ4n) is 4.56. The van der Waals surface area contributed by atoms with Crippen LogP contribution in [0.2, 0.25) is 0 Å². The third kappa shape index (κ3) is 3.93. The lowest BCUT2D eigenvalue weighted by atomic mass is 9.86. The Morgan fingerprint density at radius 1 is 0.806 bits per heavy atom. The molecule has 7 heteroatoms. The average Bonchev–Trinajstić information content (AvgIpc) is 3.45. The highest BCUT2D eigenvalue weighted by molar-refractivity contribution is 6.09. The van der Waals surface area contributed by atoms with Crippen LogP contribution in [0.3, 0.4) is 0 Å². The molecule has 0 unspecified atom stereocenters. The SMILES string of the molecule is CN1N=CN(c2cccc(Oc3ccc4c5cc(C(C)(C)C)ccc5n(-c5ccccn5)c4c3)c2)N1. The molecule has 5 aromatic rings. The van der Waals surface area contributed by atoms with Crippen molar-refractivity contribution in [3.05, 3.63) is 90.6 Å². The molecule has 0 radical (unpaired) electrons. The smallest absolute Gasteiger partial charge is 0.137 e. The fraction of sp³-hybridized carbons (Fsp3) is 0.172. The van der Waals surface area contributed by atoms with Gasteiger partial charge in [0.05, 0.1) is 16.7 Å². The normalized spacial score (nSPS) is 13.8. The van der Waals surface area contributed by atoms with E-state index >= 15 is 0 Å². The summed E-state index contributed by atoms with van der Waals surface area (Å²) < 4.78 is 8.54. The Kier molecular flexibility index (Phi) is 5.16.